The molecule has 1 rings (SSSR count). The number of allylic oxidation sites excluding steroid dienone is 1. The molecule has 0 fully saturated rings. The number of nitrogens with two attached hydrogens (primary N) is 1. The van der Waals surface area contributed by atoms with Gasteiger partial charge in [0.05, 0.1) is 5.69 Å². The third kappa shape index (κ3) is 1.95. The summed E-state index contributed by atoms with van der Waals surface area (Å²) in [5.41, 5.74) is 4.44. The smallest absolute Gasteiger partial charge is 0.159 e. The molecule has 1 aromatic carbocycles. The van der Waals surface area contributed by atoms with Crippen molar-refractivity contribution in [2.75, 3.05) is 5.43 Å². The van der Waals surface area contributed by atoms with Crippen molar-refractivity contribution in [1.29, 1.82) is 0 Å². The van der Waals surface area contributed by atoms with E-state index in [1.165, 1.54) is 6.92 Å². The van der Waals surface area contributed by atoms with Gasteiger partial charge < -0.3 is 5.43 Å². The monoisotopic (exact) mass is 176 g/mol. The van der Waals surface area contributed by atoms with E-state index in [9.17, 15) is 4.79 Å². The Labute approximate surface area is 77.2 Å². The zero-order chi connectivity index (χ0) is 9.84. The van der Waals surface area contributed by atoms with Crippen LogP contribution in [0.5, 0.6) is 0 Å². The Morgan fingerprint density at radius 2 is 2.08 bits per heavy atom. The summed E-state index contributed by atoms with van der Waals surface area (Å²) in [5, 5.41) is 0. The van der Waals surface area contributed by atoms with Crippen LogP contribution in [0.4, 0.5) is 5.69 Å². The van der Waals surface area contributed by atoms with Gasteiger partial charge in [0.1, 0.15) is 0 Å². The molecule has 0 bridgehead atoms. The number of anilines is 1. The van der Waals surface area contributed by atoms with E-state index in [4.69, 9.17) is 5.84 Å². The molecular formula is C10H12N2O. The number of benzene rings is 1. The van der Waals surface area contributed by atoms with Crippen LogP contribution < -0.4 is 11.3 Å². The van der Waals surface area contributed by atoms with Gasteiger partial charge in [-0.1, -0.05) is 24.8 Å². The first-order chi connectivity index (χ1) is 6.16. The maximum absolute atomic E-state index is 11.0. The molecule has 3 heteroatoms. The zero-order valence-corrected chi connectivity index (χ0v) is 7.50. The normalized spacial score (nSPS) is 9.38. The lowest BCUT2D eigenvalue weighted by atomic mass is 10.0. The van der Waals surface area contributed by atoms with Gasteiger partial charge in [-0.05, 0) is 13.0 Å². The van der Waals surface area contributed by atoms with Gasteiger partial charge in [0.15, 0.2) is 5.78 Å². The lowest BCUT2D eigenvalue weighted by Crippen LogP contribution is -2.09. The second-order valence-corrected chi connectivity index (χ2v) is 2.72. The zero-order valence-electron chi connectivity index (χ0n) is 7.50. The number of nitrogen functional groups attached to an aromatic ring is 1. The molecule has 0 saturated heterocycles. The summed E-state index contributed by atoms with van der Waals surface area (Å²) in [4.78, 5) is 11.0. The van der Waals surface area contributed by atoms with Crippen molar-refractivity contribution in [3.63, 3.8) is 0 Å². The molecule has 0 aromatic heterocycles. The number of hydrogen-bond acceptors (Lipinski definition) is 3. The Hall–Kier alpha value is -1.61. The molecule has 0 aliphatic carbocycles. The van der Waals surface area contributed by atoms with E-state index in [0.717, 1.165) is 5.56 Å². The molecule has 0 heterocycles. The summed E-state index contributed by atoms with van der Waals surface area (Å²) >= 11 is 0. The Morgan fingerprint density at radius 3 is 2.62 bits per heavy atom. The Balaban J connectivity index is 3.13. The summed E-state index contributed by atoms with van der Waals surface area (Å²) in [5.74, 6) is 5.23. The molecule has 68 valence electrons. The molecule has 0 radical (unpaired) electrons. The fraction of sp³-hybridized carbons (Fsp3) is 0.100. The molecule has 0 atom stereocenters. The van der Waals surface area contributed by atoms with E-state index in [1.807, 2.05) is 12.1 Å². The number of Topliss-reactive ketones (excluding diaryl/α,β-unsaturated/α-hetero) is 1. The largest absolute Gasteiger partial charge is 0.324 e. The van der Waals surface area contributed by atoms with E-state index >= 15 is 0 Å². The van der Waals surface area contributed by atoms with Crippen LogP contribution in [0.1, 0.15) is 12.5 Å². The predicted octanol–water partition coefficient (Wildman–Crippen LogP) is 1.57. The molecular weight excluding hydrogens is 164 g/mol. The van der Waals surface area contributed by atoms with Gasteiger partial charge in [-0.25, -0.2) is 0 Å². The Kier molecular flexibility index (Phi) is 2.82. The average Bonchev–Trinajstić information content (AvgIpc) is 2.16. The molecule has 0 unspecified atom stereocenters. The number of ketones is 1. The van der Waals surface area contributed by atoms with E-state index in [1.54, 1.807) is 12.1 Å². The van der Waals surface area contributed by atoms with Crippen LogP contribution >= 0.6 is 0 Å². The van der Waals surface area contributed by atoms with Gasteiger partial charge >= 0.3 is 0 Å². The highest BCUT2D eigenvalue weighted by atomic mass is 16.1. The number of carbonyl (C=O) groups excluding carboxylic acids is 1. The summed E-state index contributed by atoms with van der Waals surface area (Å²) in [7, 11) is 0. The van der Waals surface area contributed by atoms with E-state index < -0.39 is 0 Å². The number of rotatable bonds is 3. The van der Waals surface area contributed by atoms with Crippen LogP contribution in [0.2, 0.25) is 0 Å². The first-order valence-electron chi connectivity index (χ1n) is 3.92. The van der Waals surface area contributed by atoms with Crippen molar-refractivity contribution in [3.05, 3.63) is 36.4 Å². The molecule has 13 heavy (non-hydrogen) atoms. The highest BCUT2D eigenvalue weighted by Crippen LogP contribution is 2.21. The molecule has 0 aliphatic heterocycles. The number of nitrogens with one attached hydrogen (secondary N) is 1. The second-order valence-electron chi connectivity index (χ2n) is 2.72. The van der Waals surface area contributed by atoms with Crippen LogP contribution in [-0.4, -0.2) is 5.78 Å². The molecule has 0 saturated carbocycles. The van der Waals surface area contributed by atoms with Crippen molar-refractivity contribution in [2.24, 2.45) is 5.84 Å². The first kappa shape index (κ1) is 9.48. The highest BCUT2D eigenvalue weighted by molar-refractivity contribution is 6.20. The van der Waals surface area contributed by atoms with Gasteiger partial charge in [0, 0.05) is 11.1 Å². The molecule has 3 N–H and O–H groups in total. The second kappa shape index (κ2) is 3.87. The lowest BCUT2D eigenvalue weighted by Gasteiger charge is -2.08. The molecule has 0 aliphatic rings. The summed E-state index contributed by atoms with van der Waals surface area (Å²) in [6.45, 7) is 5.17. The topological polar surface area (TPSA) is 55.1 Å². The Bertz CT molecular complexity index is 345. The van der Waals surface area contributed by atoms with Gasteiger partial charge in [-0.15, -0.1) is 0 Å². The molecule has 0 spiro atoms. The lowest BCUT2D eigenvalue weighted by molar-refractivity contribution is -0.111. The summed E-state index contributed by atoms with van der Waals surface area (Å²) < 4.78 is 0. The van der Waals surface area contributed by atoms with Crippen molar-refractivity contribution in [3.8, 4) is 0 Å². The molecule has 3 nitrogen and oxygen atoms in total. The fourth-order valence-electron chi connectivity index (χ4n) is 1.06. The van der Waals surface area contributed by atoms with Gasteiger partial charge in [-0.3, -0.25) is 10.6 Å². The standard InChI is InChI=1S/C10H12N2O/c1-7(8(2)13)9-5-3-4-6-10(9)12-11/h3-6,12H,1,11H2,2H3. The number of para-hydroxylation sites is 1. The van der Waals surface area contributed by atoms with Gasteiger partial charge in [-0.2, -0.15) is 0 Å². The van der Waals surface area contributed by atoms with E-state index in [-0.39, 0.29) is 5.78 Å². The first-order valence-corrected chi connectivity index (χ1v) is 3.92. The van der Waals surface area contributed by atoms with Crippen molar-refractivity contribution in [1.82, 2.24) is 0 Å². The van der Waals surface area contributed by atoms with Crippen LogP contribution in [0.3, 0.4) is 0 Å². The third-order valence-electron chi connectivity index (χ3n) is 1.83. The van der Waals surface area contributed by atoms with Crippen LogP contribution in [0.25, 0.3) is 5.57 Å². The number of hydrazine groups is 1. The van der Waals surface area contributed by atoms with Gasteiger partial charge in [0.2, 0.25) is 0 Å². The maximum atomic E-state index is 11.0. The van der Waals surface area contributed by atoms with Crippen molar-refractivity contribution >= 4 is 17.0 Å². The van der Waals surface area contributed by atoms with Crippen molar-refractivity contribution in [2.45, 2.75) is 6.92 Å². The fourth-order valence-corrected chi connectivity index (χ4v) is 1.06. The predicted molar refractivity (Wildman–Crippen MR) is 54.0 cm³/mol. The van der Waals surface area contributed by atoms with Crippen molar-refractivity contribution < 1.29 is 4.79 Å². The minimum Gasteiger partial charge on any atom is -0.324 e. The van der Waals surface area contributed by atoms with E-state index in [2.05, 4.69) is 12.0 Å². The van der Waals surface area contributed by atoms with Crippen LogP contribution in [-0.2, 0) is 4.79 Å². The number of hydrogen-bond donors (Lipinski definition) is 2. The van der Waals surface area contributed by atoms with Crippen LogP contribution in [0.15, 0.2) is 30.8 Å². The van der Waals surface area contributed by atoms with E-state index in [0.29, 0.717) is 11.3 Å². The molecule has 0 amide bonds. The SMILES string of the molecule is C=C(C(C)=O)c1ccccc1NN. The average molecular weight is 176 g/mol. The minimum absolute atomic E-state index is 0.0531. The highest BCUT2D eigenvalue weighted by Gasteiger charge is 2.07. The van der Waals surface area contributed by atoms with Crippen LogP contribution in [0, 0.1) is 0 Å². The summed E-state index contributed by atoms with van der Waals surface area (Å²) in [6, 6.07) is 7.28. The minimum atomic E-state index is -0.0531. The molecule has 1 aromatic rings. The number of carbonyl (C=O) groups is 1. The summed E-state index contributed by atoms with van der Waals surface area (Å²) in [6.07, 6.45) is 0. The quantitative estimate of drug-likeness (QED) is 0.417. The maximum Gasteiger partial charge on any atom is 0.159 e. The van der Waals surface area contributed by atoms with Gasteiger partial charge in [0.25, 0.3) is 0 Å². The Morgan fingerprint density at radius 1 is 1.46 bits per heavy atom. The third-order valence-corrected chi connectivity index (χ3v) is 1.83.